The van der Waals surface area contributed by atoms with Crippen molar-refractivity contribution in [3.8, 4) is 0 Å². The van der Waals surface area contributed by atoms with E-state index in [2.05, 4.69) is 15.4 Å². The van der Waals surface area contributed by atoms with Gasteiger partial charge in [0.25, 0.3) is 5.91 Å². The first kappa shape index (κ1) is 24.1. The Labute approximate surface area is 203 Å². The fraction of sp³-hybridized carbons (Fsp3) is 0.160. The van der Waals surface area contributed by atoms with Crippen molar-refractivity contribution in [1.82, 2.24) is 10.0 Å². The molecule has 180 valence electrons. The number of anilines is 2. The molecule has 0 aromatic heterocycles. The third kappa shape index (κ3) is 5.73. The third-order valence-electron chi connectivity index (χ3n) is 5.55. The van der Waals surface area contributed by atoms with Gasteiger partial charge in [0.15, 0.2) is 5.78 Å². The van der Waals surface area contributed by atoms with Gasteiger partial charge in [0.1, 0.15) is 0 Å². The Hall–Kier alpha value is -4.02. The fourth-order valence-electron chi connectivity index (χ4n) is 3.55. The molecule has 3 aromatic carbocycles. The number of ketones is 1. The molecular weight excluding hydrogens is 468 g/mol. The summed E-state index contributed by atoms with van der Waals surface area (Å²) in [5.74, 6) is -0.450. The lowest BCUT2D eigenvalue weighted by atomic mass is 10.1. The van der Waals surface area contributed by atoms with E-state index in [1.165, 1.54) is 31.2 Å². The fourth-order valence-corrected chi connectivity index (χ4v) is 4.57. The average Bonchev–Trinajstić information content (AvgIpc) is 3.29. The number of carbonyl (C=O) groups is 3. The smallest absolute Gasteiger partial charge is 0.321 e. The summed E-state index contributed by atoms with van der Waals surface area (Å²) in [7, 11) is -3.75. The second kappa shape index (κ2) is 10.1. The van der Waals surface area contributed by atoms with E-state index >= 15 is 0 Å². The molecule has 3 aromatic rings. The minimum Gasteiger partial charge on any atom is -0.336 e. The van der Waals surface area contributed by atoms with Crippen molar-refractivity contribution >= 4 is 39.1 Å². The average molecular weight is 493 g/mol. The van der Waals surface area contributed by atoms with E-state index < -0.39 is 10.0 Å². The van der Waals surface area contributed by atoms with Crippen molar-refractivity contribution in [2.75, 3.05) is 23.3 Å². The van der Waals surface area contributed by atoms with Crippen LogP contribution in [-0.2, 0) is 16.6 Å². The number of nitrogens with zero attached hydrogens (tertiary/aromatic N) is 1. The van der Waals surface area contributed by atoms with Crippen molar-refractivity contribution in [3.63, 3.8) is 0 Å². The Bertz CT molecular complexity index is 1350. The zero-order chi connectivity index (χ0) is 25.0. The van der Waals surface area contributed by atoms with Crippen molar-refractivity contribution in [3.05, 3.63) is 89.5 Å². The van der Waals surface area contributed by atoms with Crippen LogP contribution in [0.15, 0.2) is 77.7 Å². The van der Waals surface area contributed by atoms with Crippen molar-refractivity contribution in [2.45, 2.75) is 18.4 Å². The van der Waals surface area contributed by atoms with Gasteiger partial charge in [-0.05, 0) is 61.0 Å². The van der Waals surface area contributed by atoms with E-state index in [1.807, 2.05) is 0 Å². The van der Waals surface area contributed by atoms with Crippen LogP contribution in [-0.4, -0.2) is 39.2 Å². The summed E-state index contributed by atoms with van der Waals surface area (Å²) in [4.78, 5) is 37.4. The molecule has 0 saturated carbocycles. The number of carbonyl (C=O) groups excluding carboxylic acids is 3. The Balaban J connectivity index is 1.33. The normalized spacial score (nSPS) is 13.4. The molecule has 4 rings (SSSR count). The highest BCUT2D eigenvalue weighted by Gasteiger charge is 2.21. The molecule has 3 amide bonds. The zero-order valence-electron chi connectivity index (χ0n) is 18.9. The SMILES string of the molecule is CC(=O)c1ccc(S(=O)(=O)NCc2ccc(C(=O)Nc3ccc(N4CCNC4=O)cc3)cc2)cc1. The van der Waals surface area contributed by atoms with Crippen LogP contribution in [0.25, 0.3) is 0 Å². The first-order valence-corrected chi connectivity index (χ1v) is 12.4. The quantitative estimate of drug-likeness (QED) is 0.417. The van der Waals surface area contributed by atoms with Gasteiger partial charge >= 0.3 is 6.03 Å². The van der Waals surface area contributed by atoms with Gasteiger partial charge in [-0.1, -0.05) is 24.3 Å². The van der Waals surface area contributed by atoms with Crippen LogP contribution in [0, 0.1) is 0 Å². The molecule has 1 aliphatic rings. The van der Waals surface area contributed by atoms with E-state index in [4.69, 9.17) is 0 Å². The lowest BCUT2D eigenvalue weighted by Gasteiger charge is -2.14. The maximum absolute atomic E-state index is 12.6. The van der Waals surface area contributed by atoms with Gasteiger partial charge in [-0.2, -0.15) is 0 Å². The van der Waals surface area contributed by atoms with Crippen LogP contribution < -0.4 is 20.3 Å². The summed E-state index contributed by atoms with van der Waals surface area (Å²) in [5, 5.41) is 5.54. The predicted octanol–water partition coefficient (Wildman–Crippen LogP) is 3.15. The topological polar surface area (TPSA) is 125 Å². The van der Waals surface area contributed by atoms with Crippen molar-refractivity contribution in [1.29, 1.82) is 0 Å². The summed E-state index contributed by atoms with van der Waals surface area (Å²) in [5.41, 5.74) is 2.87. The van der Waals surface area contributed by atoms with Gasteiger partial charge in [0.05, 0.1) is 4.90 Å². The molecule has 1 fully saturated rings. The van der Waals surface area contributed by atoms with E-state index in [9.17, 15) is 22.8 Å². The first-order valence-electron chi connectivity index (χ1n) is 10.9. The van der Waals surface area contributed by atoms with E-state index in [0.717, 1.165) is 5.69 Å². The molecule has 0 unspecified atom stereocenters. The van der Waals surface area contributed by atoms with Crippen LogP contribution in [0.2, 0.25) is 0 Å². The lowest BCUT2D eigenvalue weighted by molar-refractivity contribution is 0.101. The molecule has 0 radical (unpaired) electrons. The lowest BCUT2D eigenvalue weighted by Crippen LogP contribution is -2.27. The van der Waals surface area contributed by atoms with Crippen LogP contribution in [0.3, 0.4) is 0 Å². The zero-order valence-corrected chi connectivity index (χ0v) is 19.8. The summed E-state index contributed by atoms with van der Waals surface area (Å²) < 4.78 is 27.5. The molecule has 0 aliphatic carbocycles. The molecule has 1 heterocycles. The predicted molar refractivity (Wildman–Crippen MR) is 132 cm³/mol. The molecule has 3 N–H and O–H groups in total. The standard InChI is InChI=1S/C25H24N4O5S/c1-17(30)19-6-12-23(13-7-19)35(33,34)27-16-18-2-4-20(5-3-18)24(31)28-21-8-10-22(11-9-21)29-15-14-26-25(29)32/h2-13,27H,14-16H2,1H3,(H,26,32)(H,28,31). The van der Waals surface area contributed by atoms with Crippen LogP contribution in [0.5, 0.6) is 0 Å². The van der Waals surface area contributed by atoms with Crippen LogP contribution in [0.4, 0.5) is 16.2 Å². The number of sulfonamides is 1. The van der Waals surface area contributed by atoms with Crippen LogP contribution >= 0.6 is 0 Å². The van der Waals surface area contributed by atoms with E-state index in [0.29, 0.717) is 35.5 Å². The molecule has 35 heavy (non-hydrogen) atoms. The Morgan fingerprint density at radius 3 is 2.11 bits per heavy atom. The monoisotopic (exact) mass is 492 g/mol. The molecule has 0 bridgehead atoms. The molecule has 9 nitrogen and oxygen atoms in total. The maximum Gasteiger partial charge on any atom is 0.321 e. The molecule has 1 aliphatic heterocycles. The molecule has 1 saturated heterocycles. The minimum atomic E-state index is -3.75. The number of hydrogen-bond acceptors (Lipinski definition) is 5. The minimum absolute atomic E-state index is 0.0459. The summed E-state index contributed by atoms with van der Waals surface area (Å²) in [6.07, 6.45) is 0. The molecule has 10 heteroatoms. The highest BCUT2D eigenvalue weighted by Crippen LogP contribution is 2.20. The first-order chi connectivity index (χ1) is 16.7. The molecular formula is C25H24N4O5S. The van der Waals surface area contributed by atoms with Gasteiger partial charge in [-0.25, -0.2) is 17.9 Å². The van der Waals surface area contributed by atoms with Crippen molar-refractivity contribution < 1.29 is 22.8 Å². The van der Waals surface area contributed by atoms with E-state index in [1.54, 1.807) is 53.4 Å². The number of benzene rings is 3. The number of nitrogens with one attached hydrogen (secondary N) is 3. The highest BCUT2D eigenvalue weighted by molar-refractivity contribution is 7.89. The van der Waals surface area contributed by atoms with E-state index in [-0.39, 0.29) is 29.2 Å². The van der Waals surface area contributed by atoms with Crippen molar-refractivity contribution in [2.24, 2.45) is 0 Å². The Kier molecular flexibility index (Phi) is 6.94. The maximum atomic E-state index is 12.6. The van der Waals surface area contributed by atoms with Gasteiger partial charge in [-0.15, -0.1) is 0 Å². The number of Topliss-reactive ketones (excluding diaryl/α,β-unsaturated/α-hetero) is 1. The van der Waals surface area contributed by atoms with Gasteiger partial charge < -0.3 is 10.6 Å². The second-order valence-corrected chi connectivity index (χ2v) is 9.75. The Morgan fingerprint density at radius 2 is 1.54 bits per heavy atom. The Morgan fingerprint density at radius 1 is 0.914 bits per heavy atom. The number of urea groups is 1. The number of rotatable bonds is 8. The molecule has 0 atom stereocenters. The number of hydrogen-bond donors (Lipinski definition) is 3. The molecule has 0 spiro atoms. The second-order valence-electron chi connectivity index (χ2n) is 7.99. The third-order valence-corrected chi connectivity index (χ3v) is 6.96. The van der Waals surface area contributed by atoms with Crippen LogP contribution in [0.1, 0.15) is 33.2 Å². The summed E-state index contributed by atoms with van der Waals surface area (Å²) in [6.45, 7) is 2.66. The summed E-state index contributed by atoms with van der Waals surface area (Å²) in [6, 6.07) is 19.1. The highest BCUT2D eigenvalue weighted by atomic mass is 32.2. The van der Waals surface area contributed by atoms with Gasteiger partial charge in [0.2, 0.25) is 10.0 Å². The summed E-state index contributed by atoms with van der Waals surface area (Å²) >= 11 is 0. The van der Waals surface area contributed by atoms with Gasteiger partial charge in [-0.3, -0.25) is 14.5 Å². The largest absolute Gasteiger partial charge is 0.336 e. The van der Waals surface area contributed by atoms with Gasteiger partial charge in [0, 0.05) is 42.1 Å². The number of amides is 3.